The van der Waals surface area contributed by atoms with Crippen molar-refractivity contribution >= 4 is 5.69 Å². The van der Waals surface area contributed by atoms with Crippen molar-refractivity contribution in [1.82, 2.24) is 14.5 Å². The van der Waals surface area contributed by atoms with Crippen LogP contribution in [0.3, 0.4) is 0 Å². The third kappa shape index (κ3) is 2.14. The molecule has 0 spiro atoms. The minimum Gasteiger partial charge on any atom is -0.300 e. The molecule has 0 amide bonds. The first-order valence-corrected chi connectivity index (χ1v) is 4.59. The highest BCUT2D eigenvalue weighted by Crippen LogP contribution is 2.31. The maximum atomic E-state index is 12.5. The largest absolute Gasteiger partial charge is 0.433 e. The molecule has 0 fully saturated rings. The fraction of sp³-hybridized carbons (Fsp3) is 0.111. The van der Waals surface area contributed by atoms with Gasteiger partial charge in [-0.05, 0) is 0 Å². The fourth-order valence-corrected chi connectivity index (χ4v) is 1.34. The molecule has 94 valence electrons. The summed E-state index contributed by atoms with van der Waals surface area (Å²) in [4.78, 5) is 16.6. The van der Waals surface area contributed by atoms with Crippen molar-refractivity contribution in [1.29, 1.82) is 0 Å². The molecular formula is C9H5F3N4O2. The second-order valence-corrected chi connectivity index (χ2v) is 3.28. The Balaban J connectivity index is 2.63. The maximum Gasteiger partial charge on any atom is 0.433 e. The first-order valence-electron chi connectivity index (χ1n) is 4.59. The molecule has 18 heavy (non-hydrogen) atoms. The Morgan fingerprint density at radius 2 is 2.11 bits per heavy atom. The smallest absolute Gasteiger partial charge is 0.300 e. The number of halogens is 3. The number of hydrogen-bond donors (Lipinski definition) is 0. The van der Waals surface area contributed by atoms with E-state index in [0.717, 1.165) is 4.57 Å². The molecule has 0 aliphatic heterocycles. The van der Waals surface area contributed by atoms with Crippen LogP contribution in [0, 0.1) is 10.1 Å². The highest BCUT2D eigenvalue weighted by molar-refractivity contribution is 5.51. The lowest BCUT2D eigenvalue weighted by atomic mass is 10.2. The minimum absolute atomic E-state index is 0.236. The summed E-state index contributed by atoms with van der Waals surface area (Å²) in [5.74, 6) is 0. The molecule has 0 radical (unpaired) electrons. The van der Waals surface area contributed by atoms with Gasteiger partial charge >= 0.3 is 11.9 Å². The van der Waals surface area contributed by atoms with Crippen LogP contribution in [0.2, 0.25) is 0 Å². The van der Waals surface area contributed by atoms with Crippen LogP contribution in [0.5, 0.6) is 0 Å². The zero-order chi connectivity index (χ0) is 13.3. The summed E-state index contributed by atoms with van der Waals surface area (Å²) >= 11 is 0. The predicted octanol–water partition coefficient (Wildman–Crippen LogP) is 2.19. The third-order valence-corrected chi connectivity index (χ3v) is 2.13. The van der Waals surface area contributed by atoms with Crippen LogP contribution in [0.25, 0.3) is 5.69 Å². The van der Waals surface area contributed by atoms with Crippen LogP contribution in [-0.2, 0) is 6.18 Å². The monoisotopic (exact) mass is 258 g/mol. The summed E-state index contributed by atoms with van der Waals surface area (Å²) in [6.07, 6.45) is -0.301. The molecule has 2 rings (SSSR count). The zero-order valence-corrected chi connectivity index (χ0v) is 8.63. The van der Waals surface area contributed by atoms with E-state index in [4.69, 9.17) is 0 Å². The molecule has 0 saturated carbocycles. The van der Waals surface area contributed by atoms with Crippen LogP contribution >= 0.6 is 0 Å². The number of pyridine rings is 1. The van der Waals surface area contributed by atoms with Gasteiger partial charge in [-0.2, -0.15) is 13.2 Å². The standard InChI is InChI=1S/C9H5F3N4O2/c10-9(11,12)8-3-6(15-2-1-13-5-15)7(4-14-8)16(17)18/h1-5H. The topological polar surface area (TPSA) is 73.8 Å². The Morgan fingerprint density at radius 1 is 1.39 bits per heavy atom. The average Bonchev–Trinajstić information content (AvgIpc) is 2.80. The summed E-state index contributed by atoms with van der Waals surface area (Å²) in [6, 6.07) is 0.611. The highest BCUT2D eigenvalue weighted by Gasteiger charge is 2.34. The van der Waals surface area contributed by atoms with Gasteiger partial charge in [0.15, 0.2) is 0 Å². The number of alkyl halides is 3. The average molecular weight is 258 g/mol. The summed E-state index contributed by atoms with van der Waals surface area (Å²) < 4.78 is 38.6. The Hall–Kier alpha value is -2.45. The van der Waals surface area contributed by atoms with E-state index in [1.54, 1.807) is 0 Å². The van der Waals surface area contributed by atoms with Gasteiger partial charge in [0.1, 0.15) is 17.6 Å². The van der Waals surface area contributed by atoms with Gasteiger partial charge < -0.3 is 4.57 Å². The van der Waals surface area contributed by atoms with Gasteiger partial charge in [-0.1, -0.05) is 0 Å². The van der Waals surface area contributed by atoms with E-state index in [9.17, 15) is 23.3 Å². The van der Waals surface area contributed by atoms with Gasteiger partial charge in [0.05, 0.1) is 11.3 Å². The molecular weight excluding hydrogens is 253 g/mol. The molecule has 0 unspecified atom stereocenters. The fourth-order valence-electron chi connectivity index (χ4n) is 1.34. The molecule has 0 atom stereocenters. The molecule has 0 bridgehead atoms. The Bertz CT molecular complexity index is 580. The van der Waals surface area contributed by atoms with Crippen LogP contribution in [0.1, 0.15) is 5.69 Å². The highest BCUT2D eigenvalue weighted by atomic mass is 19.4. The van der Waals surface area contributed by atoms with Crippen molar-refractivity contribution in [2.24, 2.45) is 0 Å². The quantitative estimate of drug-likeness (QED) is 0.611. The second kappa shape index (κ2) is 4.09. The van der Waals surface area contributed by atoms with E-state index in [2.05, 4.69) is 9.97 Å². The zero-order valence-electron chi connectivity index (χ0n) is 8.63. The summed E-state index contributed by atoms with van der Waals surface area (Å²) in [5.41, 5.74) is -1.96. The van der Waals surface area contributed by atoms with E-state index in [0.29, 0.717) is 12.3 Å². The molecule has 0 aliphatic rings. The molecule has 0 saturated heterocycles. The van der Waals surface area contributed by atoms with Crippen molar-refractivity contribution in [3.63, 3.8) is 0 Å². The lowest BCUT2D eigenvalue weighted by Gasteiger charge is -2.08. The molecule has 0 aromatic carbocycles. The van der Waals surface area contributed by atoms with Crippen LogP contribution in [0.15, 0.2) is 31.0 Å². The third-order valence-electron chi connectivity index (χ3n) is 2.13. The number of aromatic nitrogens is 3. The number of nitrogens with zero attached hydrogens (tertiary/aromatic N) is 4. The maximum absolute atomic E-state index is 12.5. The second-order valence-electron chi connectivity index (χ2n) is 3.28. The predicted molar refractivity (Wildman–Crippen MR) is 53.0 cm³/mol. The molecule has 9 heteroatoms. The minimum atomic E-state index is -4.66. The van der Waals surface area contributed by atoms with Crippen molar-refractivity contribution in [2.75, 3.05) is 0 Å². The van der Waals surface area contributed by atoms with E-state index >= 15 is 0 Å². The first kappa shape index (κ1) is 12.0. The van der Waals surface area contributed by atoms with Gasteiger partial charge in [-0.25, -0.2) is 9.97 Å². The Morgan fingerprint density at radius 3 is 2.61 bits per heavy atom. The molecule has 0 N–H and O–H groups in total. The van der Waals surface area contributed by atoms with Crippen LogP contribution in [0.4, 0.5) is 18.9 Å². The lowest BCUT2D eigenvalue weighted by molar-refractivity contribution is -0.385. The number of imidazole rings is 1. The van der Waals surface area contributed by atoms with E-state index in [1.165, 1.54) is 18.7 Å². The number of hydrogen-bond acceptors (Lipinski definition) is 4. The lowest BCUT2D eigenvalue weighted by Crippen LogP contribution is -2.10. The molecule has 0 aliphatic carbocycles. The van der Waals surface area contributed by atoms with Crippen molar-refractivity contribution in [2.45, 2.75) is 6.18 Å². The molecule has 6 nitrogen and oxygen atoms in total. The number of nitro groups is 1. The van der Waals surface area contributed by atoms with Gasteiger partial charge in [0, 0.05) is 18.5 Å². The molecule has 2 aromatic rings. The van der Waals surface area contributed by atoms with Crippen LogP contribution in [-0.4, -0.2) is 19.5 Å². The van der Waals surface area contributed by atoms with Gasteiger partial charge in [0.25, 0.3) is 0 Å². The van der Waals surface area contributed by atoms with Gasteiger partial charge in [-0.15, -0.1) is 0 Å². The van der Waals surface area contributed by atoms with Crippen LogP contribution < -0.4 is 0 Å². The SMILES string of the molecule is O=[N+]([O-])c1cnc(C(F)(F)F)cc1-n1ccnc1. The Kier molecular flexibility index (Phi) is 2.73. The van der Waals surface area contributed by atoms with Gasteiger partial charge in [0.2, 0.25) is 0 Å². The molecule has 2 heterocycles. The number of rotatable bonds is 2. The summed E-state index contributed by atoms with van der Waals surface area (Å²) in [6.45, 7) is 0. The molecule has 2 aromatic heterocycles. The van der Waals surface area contributed by atoms with E-state index in [-0.39, 0.29) is 5.69 Å². The van der Waals surface area contributed by atoms with E-state index < -0.39 is 22.5 Å². The first-order chi connectivity index (χ1) is 8.39. The summed E-state index contributed by atoms with van der Waals surface area (Å²) in [7, 11) is 0. The Labute approximate surface area is 97.9 Å². The van der Waals surface area contributed by atoms with Crippen molar-refractivity contribution < 1.29 is 18.1 Å². The normalized spacial score (nSPS) is 11.5. The summed E-state index contributed by atoms with van der Waals surface area (Å²) in [5, 5.41) is 10.7. The van der Waals surface area contributed by atoms with Crippen molar-refractivity contribution in [3.05, 3.63) is 46.8 Å². The van der Waals surface area contributed by atoms with E-state index in [1.807, 2.05) is 0 Å². The van der Waals surface area contributed by atoms with Crippen molar-refractivity contribution in [3.8, 4) is 5.69 Å². The van der Waals surface area contributed by atoms with Gasteiger partial charge in [-0.3, -0.25) is 10.1 Å².